The van der Waals surface area contributed by atoms with Crippen LogP contribution in [-0.4, -0.2) is 12.6 Å². The number of hydrogen-bond donors (Lipinski definition) is 0. The maximum atomic E-state index is 14.4. The van der Waals surface area contributed by atoms with E-state index in [1.54, 1.807) is 6.92 Å². The molecule has 1 aliphatic rings. The molecule has 0 unspecified atom stereocenters. The molecule has 0 atom stereocenters. The van der Waals surface area contributed by atoms with Crippen LogP contribution >= 0.6 is 11.6 Å². The molecule has 0 spiro atoms. The van der Waals surface area contributed by atoms with E-state index in [1.807, 2.05) is 18.2 Å². The van der Waals surface area contributed by atoms with Gasteiger partial charge in [0.25, 0.3) is 0 Å². The van der Waals surface area contributed by atoms with Crippen molar-refractivity contribution >= 4 is 28.5 Å². The van der Waals surface area contributed by atoms with Crippen molar-refractivity contribution in [2.45, 2.75) is 26.2 Å². The first-order chi connectivity index (χ1) is 16.4. The molecule has 0 N–H and O–H groups in total. The molecule has 34 heavy (non-hydrogen) atoms. The largest absolute Gasteiger partial charge is 0.482 e. The molecule has 0 radical (unpaired) electrons. The summed E-state index contributed by atoms with van der Waals surface area (Å²) in [4.78, 5) is 25.4. The topological polar surface area (TPSA) is 65.7 Å². The predicted octanol–water partition coefficient (Wildman–Crippen LogP) is 6.03. The highest BCUT2D eigenvalue weighted by Gasteiger charge is 2.20. The van der Waals surface area contributed by atoms with Gasteiger partial charge in [0.2, 0.25) is 5.43 Å². The zero-order chi connectivity index (χ0) is 23.8. The van der Waals surface area contributed by atoms with Crippen molar-refractivity contribution in [3.05, 3.63) is 92.5 Å². The Morgan fingerprint density at radius 1 is 1.03 bits per heavy atom. The Kier molecular flexibility index (Phi) is 5.84. The van der Waals surface area contributed by atoms with Gasteiger partial charge in [0, 0.05) is 11.6 Å². The average molecular weight is 479 g/mol. The molecule has 5 nitrogen and oxygen atoms in total. The fourth-order valence-electron chi connectivity index (χ4n) is 4.32. The number of aryl methyl sites for hydroxylation is 3. The second kappa shape index (κ2) is 8.95. The van der Waals surface area contributed by atoms with E-state index in [0.29, 0.717) is 5.75 Å². The van der Waals surface area contributed by atoms with Gasteiger partial charge in [-0.1, -0.05) is 23.7 Å². The smallest absolute Gasteiger partial charge is 0.349 e. The molecule has 7 heteroatoms. The highest BCUT2D eigenvalue weighted by atomic mass is 35.5. The van der Waals surface area contributed by atoms with E-state index < -0.39 is 17.2 Å². The normalized spacial score (nSPS) is 12.6. The Morgan fingerprint density at radius 3 is 2.65 bits per heavy atom. The van der Waals surface area contributed by atoms with Crippen molar-refractivity contribution in [1.29, 1.82) is 0 Å². The van der Waals surface area contributed by atoms with E-state index in [2.05, 4.69) is 0 Å². The average Bonchev–Trinajstić information content (AvgIpc) is 3.27. The Hall–Kier alpha value is -3.64. The first-order valence-corrected chi connectivity index (χ1v) is 11.3. The quantitative estimate of drug-likeness (QED) is 0.258. The van der Waals surface area contributed by atoms with Crippen LogP contribution in [0.15, 0.2) is 63.8 Å². The Morgan fingerprint density at radius 2 is 1.82 bits per heavy atom. The van der Waals surface area contributed by atoms with Crippen LogP contribution in [0.2, 0.25) is 5.02 Å². The second-order valence-corrected chi connectivity index (χ2v) is 8.57. The molecular formula is C27H20ClFO5. The molecular weight excluding hydrogens is 459 g/mol. The summed E-state index contributed by atoms with van der Waals surface area (Å²) in [5.41, 5.74) is 2.41. The van der Waals surface area contributed by atoms with Gasteiger partial charge in [-0.25, -0.2) is 9.18 Å². The fraction of sp³-hybridized carbons (Fsp3) is 0.185. The van der Waals surface area contributed by atoms with Crippen LogP contribution in [0, 0.1) is 12.7 Å². The molecule has 5 rings (SSSR count). The minimum atomic E-state index is -0.615. The van der Waals surface area contributed by atoms with Gasteiger partial charge in [-0.05, 0) is 73.7 Å². The standard InChI is InChI=1S/C27H20ClFO5/c1-15-25(26-21(28)6-3-7-22(26)29)27(31)20-11-10-19(13-23(20)33-15)34-24(30)14-32-18-9-8-16-4-2-5-17(16)12-18/h3,6-13H,2,4-5,14H2,1H3. The highest BCUT2D eigenvalue weighted by Crippen LogP contribution is 2.33. The molecule has 1 aliphatic carbocycles. The number of fused-ring (bicyclic) bond motifs is 2. The first-order valence-electron chi connectivity index (χ1n) is 10.9. The number of halogens is 2. The van der Waals surface area contributed by atoms with E-state index in [1.165, 1.54) is 47.5 Å². The van der Waals surface area contributed by atoms with Crippen LogP contribution in [0.5, 0.6) is 11.5 Å². The highest BCUT2D eigenvalue weighted by molar-refractivity contribution is 6.33. The zero-order valence-electron chi connectivity index (χ0n) is 18.3. The minimum Gasteiger partial charge on any atom is -0.482 e. The fourth-order valence-corrected chi connectivity index (χ4v) is 4.57. The number of benzene rings is 3. The van der Waals surface area contributed by atoms with Crippen molar-refractivity contribution in [3.8, 4) is 22.6 Å². The number of rotatable bonds is 5. The Balaban J connectivity index is 1.36. The van der Waals surface area contributed by atoms with Crippen LogP contribution in [-0.2, 0) is 17.6 Å². The number of esters is 1. The summed E-state index contributed by atoms with van der Waals surface area (Å²) in [6.07, 6.45) is 3.22. The summed E-state index contributed by atoms with van der Waals surface area (Å²) in [7, 11) is 0. The Labute approximate surface area is 199 Å². The Bertz CT molecular complexity index is 1470. The van der Waals surface area contributed by atoms with Gasteiger partial charge in [-0.2, -0.15) is 0 Å². The molecule has 0 amide bonds. The van der Waals surface area contributed by atoms with Crippen LogP contribution in [0.25, 0.3) is 22.1 Å². The SMILES string of the molecule is Cc1oc2cc(OC(=O)COc3ccc4c(c3)CCC4)ccc2c(=O)c1-c1c(F)cccc1Cl. The third-order valence-electron chi connectivity index (χ3n) is 5.91. The molecule has 0 fully saturated rings. The lowest BCUT2D eigenvalue weighted by atomic mass is 10.0. The summed E-state index contributed by atoms with van der Waals surface area (Å²) < 4.78 is 31.2. The van der Waals surface area contributed by atoms with E-state index >= 15 is 0 Å². The van der Waals surface area contributed by atoms with Crippen molar-refractivity contribution in [3.63, 3.8) is 0 Å². The maximum absolute atomic E-state index is 14.4. The summed E-state index contributed by atoms with van der Waals surface area (Å²) >= 11 is 6.15. The van der Waals surface area contributed by atoms with Crippen LogP contribution in [0.1, 0.15) is 23.3 Å². The van der Waals surface area contributed by atoms with Crippen LogP contribution < -0.4 is 14.9 Å². The molecule has 0 saturated carbocycles. The molecule has 172 valence electrons. The van der Waals surface area contributed by atoms with Gasteiger partial charge in [-0.15, -0.1) is 0 Å². The van der Waals surface area contributed by atoms with Crippen molar-refractivity contribution in [2.24, 2.45) is 0 Å². The summed E-state index contributed by atoms with van der Waals surface area (Å²) in [5.74, 6) is -0.177. The number of hydrogen-bond acceptors (Lipinski definition) is 5. The lowest BCUT2D eigenvalue weighted by molar-refractivity contribution is -0.136. The molecule has 0 saturated heterocycles. The summed E-state index contributed by atoms with van der Waals surface area (Å²) in [5, 5.41) is 0.331. The van der Waals surface area contributed by atoms with Gasteiger partial charge in [-0.3, -0.25) is 4.79 Å². The minimum absolute atomic E-state index is 0.00322. The predicted molar refractivity (Wildman–Crippen MR) is 127 cm³/mol. The van der Waals surface area contributed by atoms with E-state index in [4.69, 9.17) is 25.5 Å². The van der Waals surface area contributed by atoms with Gasteiger partial charge >= 0.3 is 5.97 Å². The second-order valence-electron chi connectivity index (χ2n) is 8.16. The number of ether oxygens (including phenoxy) is 2. The third kappa shape index (κ3) is 4.17. The third-order valence-corrected chi connectivity index (χ3v) is 6.23. The van der Waals surface area contributed by atoms with Gasteiger partial charge in [0.15, 0.2) is 6.61 Å². The maximum Gasteiger partial charge on any atom is 0.349 e. The molecule has 4 aromatic rings. The van der Waals surface area contributed by atoms with E-state index in [9.17, 15) is 14.0 Å². The summed E-state index contributed by atoms with van der Waals surface area (Å²) in [6.45, 7) is 1.30. The van der Waals surface area contributed by atoms with E-state index in [-0.39, 0.29) is 45.2 Å². The van der Waals surface area contributed by atoms with E-state index in [0.717, 1.165) is 19.3 Å². The van der Waals surface area contributed by atoms with Gasteiger partial charge < -0.3 is 13.9 Å². The number of carbonyl (C=O) groups excluding carboxylic acids is 1. The molecule has 0 aliphatic heterocycles. The first kappa shape index (κ1) is 22.2. The molecule has 0 bridgehead atoms. The monoisotopic (exact) mass is 478 g/mol. The van der Waals surface area contributed by atoms with Gasteiger partial charge in [0.05, 0.1) is 16.0 Å². The van der Waals surface area contributed by atoms with Crippen LogP contribution in [0.4, 0.5) is 4.39 Å². The lowest BCUT2D eigenvalue weighted by Gasteiger charge is -2.11. The van der Waals surface area contributed by atoms with Gasteiger partial charge in [0.1, 0.15) is 28.7 Å². The molecule has 3 aromatic carbocycles. The molecule has 1 heterocycles. The number of carbonyl (C=O) groups is 1. The summed E-state index contributed by atoms with van der Waals surface area (Å²) in [6, 6.07) is 14.5. The van der Waals surface area contributed by atoms with Crippen molar-refractivity contribution in [2.75, 3.05) is 6.61 Å². The van der Waals surface area contributed by atoms with Crippen molar-refractivity contribution in [1.82, 2.24) is 0 Å². The molecule has 1 aromatic heterocycles. The van der Waals surface area contributed by atoms with Crippen LogP contribution in [0.3, 0.4) is 0 Å². The van der Waals surface area contributed by atoms with Crippen molar-refractivity contribution < 1.29 is 23.1 Å². The lowest BCUT2D eigenvalue weighted by Crippen LogP contribution is -2.18. The zero-order valence-corrected chi connectivity index (χ0v) is 19.1.